The summed E-state index contributed by atoms with van der Waals surface area (Å²) in [5.41, 5.74) is 1.63. The number of nitrogens with zero attached hydrogens (tertiary/aromatic N) is 3. The van der Waals surface area contributed by atoms with Crippen molar-refractivity contribution in [3.05, 3.63) is 71.5 Å². The van der Waals surface area contributed by atoms with Crippen LogP contribution in [0.2, 0.25) is 0 Å². The third kappa shape index (κ3) is 5.13. The zero-order chi connectivity index (χ0) is 22.5. The number of hydrogen-bond donors (Lipinski definition) is 0. The molecule has 0 saturated carbocycles. The Balaban J connectivity index is 1.34. The Hall–Kier alpha value is -3.26. The van der Waals surface area contributed by atoms with Gasteiger partial charge in [-0.1, -0.05) is 42.5 Å². The van der Waals surface area contributed by atoms with Crippen molar-refractivity contribution in [2.45, 2.75) is 25.6 Å². The Morgan fingerprint density at radius 2 is 1.78 bits per heavy atom. The van der Waals surface area contributed by atoms with Gasteiger partial charge in [0.1, 0.15) is 25.0 Å². The molecule has 2 aliphatic rings. The van der Waals surface area contributed by atoms with Gasteiger partial charge in [-0.15, -0.1) is 0 Å². The molecule has 0 N–H and O–H groups in total. The SMILES string of the molecule is O=C(COCc1ccccc1)N1CCC2C(=O)N(Cc3cccc(F)c3)CC(=O)N2CC1. The number of hydrogen-bond acceptors (Lipinski definition) is 4. The Morgan fingerprint density at radius 3 is 2.56 bits per heavy atom. The maximum atomic E-state index is 13.5. The first-order valence-electron chi connectivity index (χ1n) is 10.7. The van der Waals surface area contributed by atoms with Crippen LogP contribution in [0.3, 0.4) is 0 Å². The van der Waals surface area contributed by atoms with Gasteiger partial charge < -0.3 is 19.4 Å². The molecule has 2 aromatic carbocycles. The molecule has 3 amide bonds. The van der Waals surface area contributed by atoms with Crippen molar-refractivity contribution < 1.29 is 23.5 Å². The average Bonchev–Trinajstić information content (AvgIpc) is 3.02. The van der Waals surface area contributed by atoms with Crippen molar-refractivity contribution in [1.29, 1.82) is 0 Å². The van der Waals surface area contributed by atoms with Crippen molar-refractivity contribution in [3.63, 3.8) is 0 Å². The number of amides is 3. The molecular weight excluding hydrogens is 413 g/mol. The number of piperazine rings is 1. The first kappa shape index (κ1) is 22.0. The van der Waals surface area contributed by atoms with Crippen LogP contribution in [-0.2, 0) is 32.3 Å². The predicted molar refractivity (Wildman–Crippen MR) is 115 cm³/mol. The number of fused-ring (bicyclic) bond motifs is 1. The van der Waals surface area contributed by atoms with E-state index in [1.165, 1.54) is 17.0 Å². The van der Waals surface area contributed by atoms with E-state index in [0.717, 1.165) is 5.56 Å². The Bertz CT molecular complexity index is 984. The standard InChI is InChI=1S/C24H26FN3O4/c25-20-8-4-7-19(13-20)14-27-15-22(29)28-12-11-26(10-9-21(28)24(27)31)23(30)17-32-16-18-5-2-1-3-6-18/h1-8,13,21H,9-12,14-17H2. The van der Waals surface area contributed by atoms with E-state index in [1.54, 1.807) is 21.9 Å². The lowest BCUT2D eigenvalue weighted by atomic mass is 10.1. The molecule has 1 unspecified atom stereocenters. The van der Waals surface area contributed by atoms with Crippen LogP contribution >= 0.6 is 0 Å². The van der Waals surface area contributed by atoms with Crippen molar-refractivity contribution in [3.8, 4) is 0 Å². The summed E-state index contributed by atoms with van der Waals surface area (Å²) in [6, 6.07) is 15.0. The van der Waals surface area contributed by atoms with Crippen LogP contribution in [0.25, 0.3) is 0 Å². The quantitative estimate of drug-likeness (QED) is 0.689. The summed E-state index contributed by atoms with van der Waals surface area (Å²) >= 11 is 0. The fourth-order valence-electron chi connectivity index (χ4n) is 4.19. The highest BCUT2D eigenvalue weighted by atomic mass is 19.1. The predicted octanol–water partition coefficient (Wildman–Crippen LogP) is 1.81. The highest BCUT2D eigenvalue weighted by Crippen LogP contribution is 2.21. The fraction of sp³-hybridized carbons (Fsp3) is 0.375. The van der Waals surface area contributed by atoms with Crippen molar-refractivity contribution in [1.82, 2.24) is 14.7 Å². The molecule has 7 nitrogen and oxygen atoms in total. The molecule has 2 fully saturated rings. The van der Waals surface area contributed by atoms with Gasteiger partial charge in [0.2, 0.25) is 17.7 Å². The van der Waals surface area contributed by atoms with Crippen LogP contribution in [0.5, 0.6) is 0 Å². The summed E-state index contributed by atoms with van der Waals surface area (Å²) in [4.78, 5) is 43.1. The number of benzene rings is 2. The van der Waals surface area contributed by atoms with Gasteiger partial charge in [-0.3, -0.25) is 14.4 Å². The Kier molecular flexibility index (Phi) is 6.80. The van der Waals surface area contributed by atoms with E-state index in [-0.39, 0.29) is 43.2 Å². The van der Waals surface area contributed by atoms with Crippen LogP contribution in [0.1, 0.15) is 17.5 Å². The van der Waals surface area contributed by atoms with Gasteiger partial charge in [0.05, 0.1) is 6.61 Å². The topological polar surface area (TPSA) is 70.2 Å². The molecule has 1 atom stereocenters. The number of rotatable bonds is 6. The zero-order valence-electron chi connectivity index (χ0n) is 17.8. The maximum Gasteiger partial charge on any atom is 0.248 e. The lowest BCUT2D eigenvalue weighted by Gasteiger charge is -2.39. The largest absolute Gasteiger partial charge is 0.367 e. The van der Waals surface area contributed by atoms with Gasteiger partial charge in [-0.05, 0) is 29.7 Å². The van der Waals surface area contributed by atoms with Crippen LogP contribution < -0.4 is 0 Å². The van der Waals surface area contributed by atoms with E-state index in [9.17, 15) is 18.8 Å². The number of ether oxygens (including phenoxy) is 1. The lowest BCUT2D eigenvalue weighted by molar-refractivity contribution is -0.156. The molecule has 0 spiro atoms. The smallest absolute Gasteiger partial charge is 0.248 e. The van der Waals surface area contributed by atoms with E-state index in [0.29, 0.717) is 38.2 Å². The fourth-order valence-corrected chi connectivity index (χ4v) is 4.19. The van der Waals surface area contributed by atoms with E-state index in [4.69, 9.17) is 4.74 Å². The van der Waals surface area contributed by atoms with E-state index in [2.05, 4.69) is 0 Å². The molecule has 8 heteroatoms. The second kappa shape index (κ2) is 9.91. The minimum absolute atomic E-state index is 0.0417. The van der Waals surface area contributed by atoms with E-state index >= 15 is 0 Å². The number of carbonyl (C=O) groups is 3. The van der Waals surface area contributed by atoms with Gasteiger partial charge in [-0.2, -0.15) is 0 Å². The monoisotopic (exact) mass is 439 g/mol. The molecular formula is C24H26FN3O4. The van der Waals surface area contributed by atoms with E-state index in [1.807, 2.05) is 30.3 Å². The van der Waals surface area contributed by atoms with Crippen LogP contribution in [-0.4, -0.2) is 71.2 Å². The molecule has 0 aliphatic carbocycles. The minimum Gasteiger partial charge on any atom is -0.367 e. The molecule has 0 bridgehead atoms. The van der Waals surface area contributed by atoms with Gasteiger partial charge in [0.25, 0.3) is 0 Å². The molecule has 2 aromatic rings. The molecule has 0 aromatic heterocycles. The summed E-state index contributed by atoms with van der Waals surface area (Å²) in [7, 11) is 0. The number of halogens is 1. The highest BCUT2D eigenvalue weighted by molar-refractivity contribution is 5.95. The first-order valence-corrected chi connectivity index (χ1v) is 10.7. The van der Waals surface area contributed by atoms with Gasteiger partial charge in [0, 0.05) is 26.2 Å². The van der Waals surface area contributed by atoms with Crippen molar-refractivity contribution >= 4 is 17.7 Å². The van der Waals surface area contributed by atoms with Gasteiger partial charge in [-0.25, -0.2) is 4.39 Å². The highest BCUT2D eigenvalue weighted by Gasteiger charge is 2.41. The summed E-state index contributed by atoms with van der Waals surface area (Å²) in [5, 5.41) is 0. The maximum absolute atomic E-state index is 13.5. The van der Waals surface area contributed by atoms with Crippen LogP contribution in [0, 0.1) is 5.82 Å². The lowest BCUT2D eigenvalue weighted by Crippen LogP contribution is -2.59. The second-order valence-corrected chi connectivity index (χ2v) is 8.08. The third-order valence-electron chi connectivity index (χ3n) is 5.85. The van der Waals surface area contributed by atoms with Gasteiger partial charge >= 0.3 is 0 Å². The van der Waals surface area contributed by atoms with Crippen molar-refractivity contribution in [2.75, 3.05) is 32.8 Å². The third-order valence-corrected chi connectivity index (χ3v) is 5.85. The summed E-state index contributed by atoms with van der Waals surface area (Å²) in [5.74, 6) is -0.848. The molecule has 32 heavy (non-hydrogen) atoms. The molecule has 0 radical (unpaired) electrons. The molecule has 2 saturated heterocycles. The molecule has 168 valence electrons. The second-order valence-electron chi connectivity index (χ2n) is 8.08. The first-order chi connectivity index (χ1) is 15.5. The normalized spacial score (nSPS) is 19.0. The van der Waals surface area contributed by atoms with Crippen LogP contribution in [0.4, 0.5) is 4.39 Å². The Labute approximate surface area is 186 Å². The van der Waals surface area contributed by atoms with Crippen molar-refractivity contribution in [2.24, 2.45) is 0 Å². The average molecular weight is 439 g/mol. The molecule has 2 aliphatic heterocycles. The Morgan fingerprint density at radius 1 is 1.00 bits per heavy atom. The zero-order valence-corrected chi connectivity index (χ0v) is 17.8. The molecule has 2 heterocycles. The summed E-state index contributed by atoms with van der Waals surface area (Å²) < 4.78 is 19.0. The van der Waals surface area contributed by atoms with E-state index < -0.39 is 6.04 Å². The minimum atomic E-state index is -0.604. The summed E-state index contributed by atoms with van der Waals surface area (Å²) in [6.07, 6.45) is 0.370. The molecule has 4 rings (SSSR count). The number of carbonyl (C=O) groups excluding carboxylic acids is 3. The van der Waals surface area contributed by atoms with Gasteiger partial charge in [0.15, 0.2) is 0 Å². The summed E-state index contributed by atoms with van der Waals surface area (Å²) in [6.45, 7) is 1.50. The van der Waals surface area contributed by atoms with Crippen LogP contribution in [0.15, 0.2) is 54.6 Å².